The molecule has 0 aliphatic carbocycles. The van der Waals surface area contributed by atoms with E-state index in [1.807, 2.05) is 22.9 Å². The molecule has 4 nitrogen and oxygen atoms in total. The number of rotatable bonds is 8. The lowest BCUT2D eigenvalue weighted by Gasteiger charge is -2.20. The molecular formula is C18H19Cl2N3OS. The number of ether oxygens (including phenoxy) is 1. The number of nitrogens with zero attached hydrogens (tertiary/aromatic N) is 3. The van der Waals surface area contributed by atoms with Crippen LogP contribution < -0.4 is 0 Å². The molecule has 7 heteroatoms. The maximum absolute atomic E-state index is 6.39. The van der Waals surface area contributed by atoms with Gasteiger partial charge in [0.2, 0.25) is 0 Å². The van der Waals surface area contributed by atoms with Crippen molar-refractivity contribution in [3.8, 4) is 0 Å². The Kier molecular flexibility index (Phi) is 6.48. The third-order valence-electron chi connectivity index (χ3n) is 3.74. The fourth-order valence-corrected chi connectivity index (χ4v) is 3.93. The Bertz CT molecular complexity index is 805. The molecule has 0 saturated heterocycles. The summed E-state index contributed by atoms with van der Waals surface area (Å²) in [5, 5.41) is 4.42. The summed E-state index contributed by atoms with van der Waals surface area (Å²) in [5.74, 6) is 0. The van der Waals surface area contributed by atoms with E-state index in [0.29, 0.717) is 23.2 Å². The zero-order valence-corrected chi connectivity index (χ0v) is 16.2. The molecule has 0 saturated carbocycles. The molecule has 2 heterocycles. The summed E-state index contributed by atoms with van der Waals surface area (Å²) in [5.41, 5.74) is 1.86. The molecule has 1 atom stereocenters. The first-order valence-electron chi connectivity index (χ1n) is 8.11. The van der Waals surface area contributed by atoms with Gasteiger partial charge < -0.3 is 9.30 Å². The van der Waals surface area contributed by atoms with Gasteiger partial charge in [0, 0.05) is 33.4 Å². The molecule has 25 heavy (non-hydrogen) atoms. The lowest BCUT2D eigenvalue weighted by molar-refractivity contribution is 0.0264. The van der Waals surface area contributed by atoms with E-state index in [1.54, 1.807) is 29.9 Å². The van der Waals surface area contributed by atoms with Crippen LogP contribution >= 0.6 is 34.5 Å². The van der Waals surface area contributed by atoms with Crippen molar-refractivity contribution in [3.63, 3.8) is 0 Å². The summed E-state index contributed by atoms with van der Waals surface area (Å²) >= 11 is 14.1. The van der Waals surface area contributed by atoms with Gasteiger partial charge in [0.15, 0.2) is 0 Å². The van der Waals surface area contributed by atoms with Crippen LogP contribution in [0.3, 0.4) is 0 Å². The van der Waals surface area contributed by atoms with Crippen molar-refractivity contribution in [2.45, 2.75) is 39.0 Å². The smallest absolute Gasteiger partial charge is 0.102 e. The molecule has 0 aliphatic rings. The van der Waals surface area contributed by atoms with Crippen LogP contribution in [0, 0.1) is 0 Å². The number of thiazole rings is 1. The molecular weight excluding hydrogens is 377 g/mol. The Morgan fingerprint density at radius 1 is 1.32 bits per heavy atom. The minimum absolute atomic E-state index is 0.213. The molecule has 0 radical (unpaired) electrons. The highest BCUT2D eigenvalue weighted by molar-refractivity contribution is 7.09. The van der Waals surface area contributed by atoms with Crippen LogP contribution in [0.4, 0.5) is 0 Å². The molecule has 0 bridgehead atoms. The number of hydrogen-bond acceptors (Lipinski definition) is 4. The van der Waals surface area contributed by atoms with Gasteiger partial charge >= 0.3 is 0 Å². The molecule has 0 spiro atoms. The van der Waals surface area contributed by atoms with E-state index in [0.717, 1.165) is 29.1 Å². The topological polar surface area (TPSA) is 39.9 Å². The molecule has 0 aliphatic heterocycles. The summed E-state index contributed by atoms with van der Waals surface area (Å²) in [6.07, 6.45) is 7.31. The third kappa shape index (κ3) is 5.05. The second-order valence-electron chi connectivity index (χ2n) is 5.71. The van der Waals surface area contributed by atoms with E-state index in [-0.39, 0.29) is 6.10 Å². The molecule has 3 rings (SSSR count). The first kappa shape index (κ1) is 18.4. The summed E-state index contributed by atoms with van der Waals surface area (Å²) in [6, 6.07) is 5.48. The van der Waals surface area contributed by atoms with Crippen LogP contribution in [0.25, 0.3) is 0 Å². The minimum atomic E-state index is -0.213. The van der Waals surface area contributed by atoms with Crippen LogP contribution in [-0.4, -0.2) is 14.5 Å². The van der Waals surface area contributed by atoms with Gasteiger partial charge in [0.05, 0.1) is 30.2 Å². The summed E-state index contributed by atoms with van der Waals surface area (Å²) < 4.78 is 8.14. The molecule has 132 valence electrons. The maximum Gasteiger partial charge on any atom is 0.102 e. The van der Waals surface area contributed by atoms with E-state index in [1.165, 1.54) is 0 Å². The summed E-state index contributed by atoms with van der Waals surface area (Å²) in [7, 11) is 0. The van der Waals surface area contributed by atoms with Crippen LogP contribution in [-0.2, 0) is 24.3 Å². The van der Waals surface area contributed by atoms with Gasteiger partial charge in [-0.05, 0) is 25.0 Å². The van der Waals surface area contributed by atoms with Crippen molar-refractivity contribution >= 4 is 34.5 Å². The van der Waals surface area contributed by atoms with Gasteiger partial charge in [-0.1, -0.05) is 36.2 Å². The number of aromatic nitrogens is 3. The van der Waals surface area contributed by atoms with Crippen LogP contribution in [0.5, 0.6) is 0 Å². The van der Waals surface area contributed by atoms with Crippen LogP contribution in [0.2, 0.25) is 10.0 Å². The Labute approximate surface area is 161 Å². The first-order chi connectivity index (χ1) is 12.2. The molecule has 1 unspecified atom stereocenters. The predicted octanol–water partition coefficient (Wildman–Crippen LogP) is 5.56. The molecule has 2 aromatic heterocycles. The van der Waals surface area contributed by atoms with E-state index in [4.69, 9.17) is 27.9 Å². The lowest BCUT2D eigenvalue weighted by atomic mass is 10.1. The van der Waals surface area contributed by atoms with Crippen LogP contribution in [0.1, 0.15) is 35.7 Å². The third-order valence-corrected chi connectivity index (χ3v) is 5.26. The van der Waals surface area contributed by atoms with Gasteiger partial charge in [-0.2, -0.15) is 0 Å². The summed E-state index contributed by atoms with van der Waals surface area (Å²) in [4.78, 5) is 8.71. The number of aryl methyl sites for hydroxylation is 1. The quantitative estimate of drug-likeness (QED) is 0.501. The van der Waals surface area contributed by atoms with E-state index in [2.05, 4.69) is 22.3 Å². The van der Waals surface area contributed by atoms with Gasteiger partial charge in [-0.3, -0.25) is 0 Å². The highest BCUT2D eigenvalue weighted by atomic mass is 35.5. The molecule has 0 amide bonds. The van der Waals surface area contributed by atoms with Crippen molar-refractivity contribution in [2.75, 3.05) is 0 Å². The fourth-order valence-electron chi connectivity index (χ4n) is 2.52. The Morgan fingerprint density at radius 3 is 2.92 bits per heavy atom. The highest BCUT2D eigenvalue weighted by Gasteiger charge is 2.17. The van der Waals surface area contributed by atoms with Gasteiger partial charge in [-0.25, -0.2) is 9.97 Å². The Balaban J connectivity index is 1.75. The second kappa shape index (κ2) is 8.81. The Hall–Kier alpha value is -1.40. The standard InChI is InChI=1S/C18H19Cl2N3OS/c1-2-3-18-22-14(11-25-18)10-24-17(9-23-7-6-21-12-23)15-5-4-13(19)8-16(15)20/h4-8,11-12,17H,2-3,9-10H2,1H3. The van der Waals surface area contributed by atoms with Gasteiger partial charge in [-0.15, -0.1) is 11.3 Å². The first-order valence-corrected chi connectivity index (χ1v) is 9.75. The number of halogens is 2. The second-order valence-corrected chi connectivity index (χ2v) is 7.49. The molecule has 0 N–H and O–H groups in total. The van der Waals surface area contributed by atoms with E-state index in [9.17, 15) is 0 Å². The minimum Gasteiger partial charge on any atom is -0.365 e. The fraction of sp³-hybridized carbons (Fsp3) is 0.333. The average molecular weight is 396 g/mol. The van der Waals surface area contributed by atoms with Crippen molar-refractivity contribution in [3.05, 3.63) is 68.6 Å². The normalized spacial score (nSPS) is 12.4. The lowest BCUT2D eigenvalue weighted by Crippen LogP contribution is -2.12. The average Bonchev–Trinajstić information content (AvgIpc) is 3.24. The molecule has 1 aromatic carbocycles. The zero-order valence-electron chi connectivity index (χ0n) is 13.9. The van der Waals surface area contributed by atoms with Gasteiger partial charge in [0.1, 0.15) is 6.10 Å². The van der Waals surface area contributed by atoms with Crippen molar-refractivity contribution in [1.82, 2.24) is 14.5 Å². The highest BCUT2D eigenvalue weighted by Crippen LogP contribution is 2.30. The molecule has 3 aromatic rings. The van der Waals surface area contributed by atoms with Crippen LogP contribution in [0.15, 0.2) is 42.3 Å². The number of benzene rings is 1. The van der Waals surface area contributed by atoms with Crippen molar-refractivity contribution in [1.29, 1.82) is 0 Å². The number of hydrogen-bond donors (Lipinski definition) is 0. The SMILES string of the molecule is CCCc1nc(COC(Cn2ccnc2)c2ccc(Cl)cc2Cl)cs1. The Morgan fingerprint density at radius 2 is 2.20 bits per heavy atom. The van der Waals surface area contributed by atoms with Gasteiger partial charge in [0.25, 0.3) is 0 Å². The zero-order chi connectivity index (χ0) is 17.6. The van der Waals surface area contributed by atoms with Crippen molar-refractivity contribution < 1.29 is 4.74 Å². The summed E-state index contributed by atoms with van der Waals surface area (Å²) in [6.45, 7) is 3.22. The molecule has 0 fully saturated rings. The van der Waals surface area contributed by atoms with E-state index >= 15 is 0 Å². The van der Waals surface area contributed by atoms with E-state index < -0.39 is 0 Å². The maximum atomic E-state index is 6.39. The number of imidazole rings is 1. The monoisotopic (exact) mass is 395 g/mol. The van der Waals surface area contributed by atoms with Crippen molar-refractivity contribution in [2.24, 2.45) is 0 Å². The predicted molar refractivity (Wildman–Crippen MR) is 102 cm³/mol. The largest absolute Gasteiger partial charge is 0.365 e.